The fourth-order valence-electron chi connectivity index (χ4n) is 4.10. The first-order valence-electron chi connectivity index (χ1n) is 12.0. The fourth-order valence-corrected chi connectivity index (χ4v) is 4.10. The second kappa shape index (κ2) is 16.3. The van der Waals surface area contributed by atoms with Gasteiger partial charge in [-0.1, -0.05) is 0 Å². The zero-order valence-electron chi connectivity index (χ0n) is 20.3. The normalized spacial score (nSPS) is 19.3. The molecule has 33 heavy (non-hydrogen) atoms. The number of halogens is 1. The number of rotatable bonds is 12. The van der Waals surface area contributed by atoms with Gasteiger partial charge in [-0.3, -0.25) is 9.89 Å². The summed E-state index contributed by atoms with van der Waals surface area (Å²) in [5.74, 6) is 2.37. The maximum atomic E-state index is 5.75. The summed E-state index contributed by atoms with van der Waals surface area (Å²) in [4.78, 5) is 9.31. The molecule has 0 amide bonds. The molecule has 9 heteroatoms. The quantitative estimate of drug-likeness (QED) is 0.172. The second-order valence-corrected chi connectivity index (χ2v) is 8.46. The van der Waals surface area contributed by atoms with Crippen molar-refractivity contribution >= 4 is 35.6 Å². The summed E-state index contributed by atoms with van der Waals surface area (Å²) in [5.41, 5.74) is 1.28. The molecule has 0 aliphatic carbocycles. The van der Waals surface area contributed by atoms with Gasteiger partial charge in [0.15, 0.2) is 5.96 Å². The number of benzene rings is 1. The van der Waals surface area contributed by atoms with Crippen molar-refractivity contribution in [2.75, 3.05) is 91.3 Å². The Morgan fingerprint density at radius 2 is 1.82 bits per heavy atom. The molecule has 2 aliphatic rings. The van der Waals surface area contributed by atoms with Gasteiger partial charge in [0.25, 0.3) is 0 Å². The molecule has 2 N–H and O–H groups in total. The molecular formula is C24H42IN5O3. The molecule has 1 aromatic rings. The highest BCUT2D eigenvalue weighted by Gasteiger charge is 2.17. The van der Waals surface area contributed by atoms with Crippen molar-refractivity contribution in [2.24, 2.45) is 10.9 Å². The molecule has 0 radical (unpaired) electrons. The molecule has 3 rings (SSSR count). The predicted octanol–water partition coefficient (Wildman–Crippen LogP) is 2.43. The number of hydrogen-bond donors (Lipinski definition) is 2. The molecule has 188 valence electrons. The van der Waals surface area contributed by atoms with Crippen LogP contribution in [0, 0.1) is 5.92 Å². The van der Waals surface area contributed by atoms with Crippen LogP contribution in [-0.2, 0) is 9.47 Å². The van der Waals surface area contributed by atoms with E-state index in [0.717, 1.165) is 103 Å². The summed E-state index contributed by atoms with van der Waals surface area (Å²) in [6, 6.07) is 8.36. The smallest absolute Gasteiger partial charge is 0.190 e. The Labute approximate surface area is 216 Å². The van der Waals surface area contributed by atoms with E-state index < -0.39 is 0 Å². The van der Waals surface area contributed by atoms with E-state index in [0.29, 0.717) is 5.92 Å². The van der Waals surface area contributed by atoms with Crippen LogP contribution in [-0.4, -0.2) is 97.3 Å². The lowest BCUT2D eigenvalue weighted by Crippen LogP contribution is -2.47. The van der Waals surface area contributed by atoms with Crippen LogP contribution < -0.4 is 20.3 Å². The van der Waals surface area contributed by atoms with Crippen LogP contribution in [0.25, 0.3) is 0 Å². The van der Waals surface area contributed by atoms with E-state index in [4.69, 9.17) is 14.2 Å². The minimum atomic E-state index is 0. The Morgan fingerprint density at radius 1 is 1.09 bits per heavy atom. The summed E-state index contributed by atoms with van der Waals surface area (Å²) < 4.78 is 16.4. The molecule has 2 saturated heterocycles. The lowest BCUT2D eigenvalue weighted by atomic mass is 10.1. The third-order valence-electron chi connectivity index (χ3n) is 6.11. The van der Waals surface area contributed by atoms with Gasteiger partial charge in [0.2, 0.25) is 0 Å². The average molecular weight is 576 g/mol. The van der Waals surface area contributed by atoms with E-state index in [2.05, 4.69) is 37.6 Å². The van der Waals surface area contributed by atoms with Gasteiger partial charge in [0.1, 0.15) is 5.75 Å². The van der Waals surface area contributed by atoms with Gasteiger partial charge in [-0.25, -0.2) is 0 Å². The highest BCUT2D eigenvalue weighted by molar-refractivity contribution is 14.0. The standard InChI is InChI=1S/C24H41N5O3.HI/c1-25-24(27-11-4-17-31-19-21-9-18-32-20-21)26-10-3-12-28-13-15-29(16-14-28)22-5-7-23(30-2)8-6-22;/h5-8,21H,3-4,9-20H2,1-2H3,(H2,25,26,27);1H. The van der Waals surface area contributed by atoms with Crippen molar-refractivity contribution in [1.29, 1.82) is 0 Å². The number of methoxy groups -OCH3 is 1. The number of ether oxygens (including phenoxy) is 3. The minimum absolute atomic E-state index is 0. The summed E-state index contributed by atoms with van der Waals surface area (Å²) in [6.07, 6.45) is 3.22. The first-order chi connectivity index (χ1) is 15.8. The number of anilines is 1. The van der Waals surface area contributed by atoms with Gasteiger partial charge in [-0.15, -0.1) is 24.0 Å². The highest BCUT2D eigenvalue weighted by atomic mass is 127. The molecule has 1 aromatic carbocycles. The summed E-state index contributed by atoms with van der Waals surface area (Å²) in [5, 5.41) is 6.80. The van der Waals surface area contributed by atoms with Crippen LogP contribution in [0.5, 0.6) is 5.75 Å². The first-order valence-corrected chi connectivity index (χ1v) is 12.0. The number of guanidine groups is 1. The van der Waals surface area contributed by atoms with Gasteiger partial charge >= 0.3 is 0 Å². The van der Waals surface area contributed by atoms with Crippen LogP contribution in [0.2, 0.25) is 0 Å². The lowest BCUT2D eigenvalue weighted by molar-refractivity contribution is 0.0888. The van der Waals surface area contributed by atoms with Crippen LogP contribution in [0.4, 0.5) is 5.69 Å². The molecule has 2 heterocycles. The summed E-state index contributed by atoms with van der Waals surface area (Å²) in [6.45, 7) is 10.6. The number of nitrogens with zero attached hydrogens (tertiary/aromatic N) is 3. The maximum Gasteiger partial charge on any atom is 0.190 e. The van der Waals surface area contributed by atoms with Crippen LogP contribution in [0.1, 0.15) is 19.3 Å². The van der Waals surface area contributed by atoms with Crippen molar-refractivity contribution in [3.63, 3.8) is 0 Å². The zero-order chi connectivity index (χ0) is 22.4. The van der Waals surface area contributed by atoms with E-state index in [1.54, 1.807) is 7.11 Å². The molecule has 8 nitrogen and oxygen atoms in total. The Balaban J connectivity index is 0.00000385. The van der Waals surface area contributed by atoms with Gasteiger partial charge in [-0.05, 0) is 50.1 Å². The topological polar surface area (TPSA) is 70.6 Å². The fraction of sp³-hybridized carbons (Fsp3) is 0.708. The van der Waals surface area contributed by atoms with Crippen molar-refractivity contribution in [2.45, 2.75) is 19.3 Å². The predicted molar refractivity (Wildman–Crippen MR) is 145 cm³/mol. The van der Waals surface area contributed by atoms with Gasteiger partial charge in [0, 0.05) is 71.1 Å². The highest BCUT2D eigenvalue weighted by Crippen LogP contribution is 2.20. The average Bonchev–Trinajstić information content (AvgIpc) is 3.36. The van der Waals surface area contributed by atoms with Crippen molar-refractivity contribution in [3.8, 4) is 5.75 Å². The molecule has 0 bridgehead atoms. The molecule has 1 unspecified atom stereocenters. The second-order valence-electron chi connectivity index (χ2n) is 8.46. The van der Waals surface area contributed by atoms with E-state index in [9.17, 15) is 0 Å². The van der Waals surface area contributed by atoms with Crippen molar-refractivity contribution in [1.82, 2.24) is 15.5 Å². The Bertz CT molecular complexity index is 663. The third-order valence-corrected chi connectivity index (χ3v) is 6.11. The number of hydrogen-bond acceptors (Lipinski definition) is 6. The molecule has 1 atom stereocenters. The first kappa shape index (κ1) is 27.9. The van der Waals surface area contributed by atoms with Crippen molar-refractivity contribution in [3.05, 3.63) is 24.3 Å². The molecular weight excluding hydrogens is 533 g/mol. The minimum Gasteiger partial charge on any atom is -0.497 e. The van der Waals surface area contributed by atoms with E-state index in [1.807, 2.05) is 19.2 Å². The Kier molecular flexibility index (Phi) is 13.8. The number of nitrogens with one attached hydrogen (secondary N) is 2. The molecule has 0 spiro atoms. The Morgan fingerprint density at radius 3 is 2.45 bits per heavy atom. The van der Waals surface area contributed by atoms with Gasteiger partial charge in [-0.2, -0.15) is 0 Å². The largest absolute Gasteiger partial charge is 0.497 e. The van der Waals surface area contributed by atoms with Crippen molar-refractivity contribution < 1.29 is 14.2 Å². The third kappa shape index (κ3) is 10.2. The summed E-state index contributed by atoms with van der Waals surface area (Å²) in [7, 11) is 3.53. The lowest BCUT2D eigenvalue weighted by Gasteiger charge is -2.36. The van der Waals surface area contributed by atoms with Crippen LogP contribution in [0.3, 0.4) is 0 Å². The zero-order valence-corrected chi connectivity index (χ0v) is 22.6. The van der Waals surface area contributed by atoms with Crippen LogP contribution >= 0.6 is 24.0 Å². The number of piperazine rings is 1. The van der Waals surface area contributed by atoms with E-state index in [1.165, 1.54) is 5.69 Å². The van der Waals surface area contributed by atoms with Crippen LogP contribution in [0.15, 0.2) is 29.3 Å². The molecule has 0 aromatic heterocycles. The number of aliphatic imine (C=N–C) groups is 1. The monoisotopic (exact) mass is 575 g/mol. The molecule has 2 aliphatic heterocycles. The summed E-state index contributed by atoms with van der Waals surface area (Å²) >= 11 is 0. The van der Waals surface area contributed by atoms with Gasteiger partial charge in [0.05, 0.1) is 20.3 Å². The Hall–Kier alpha value is -1.30. The molecule has 2 fully saturated rings. The van der Waals surface area contributed by atoms with E-state index in [-0.39, 0.29) is 24.0 Å². The molecule has 0 saturated carbocycles. The maximum absolute atomic E-state index is 5.75. The SMILES string of the molecule is CN=C(NCCCOCC1CCOC1)NCCCN1CCN(c2ccc(OC)cc2)CC1.I. The van der Waals surface area contributed by atoms with E-state index >= 15 is 0 Å². The van der Waals surface area contributed by atoms with Gasteiger partial charge < -0.3 is 29.7 Å².